The molecule has 12 heteroatoms. The molecule has 2 aliphatic carbocycles. The minimum atomic E-state index is -0.787. The van der Waals surface area contributed by atoms with Crippen LogP contribution in [0.4, 0.5) is 5.69 Å². The Labute approximate surface area is 300 Å². The molecule has 4 fully saturated rings. The fraction of sp³-hybridized carbons (Fsp3) is 0.615. The molecule has 6 rings (SSSR count). The van der Waals surface area contributed by atoms with Gasteiger partial charge in [0.1, 0.15) is 16.9 Å². The van der Waals surface area contributed by atoms with Crippen LogP contribution >= 0.6 is 0 Å². The number of nitrogens with zero attached hydrogens (tertiary/aromatic N) is 2. The summed E-state index contributed by atoms with van der Waals surface area (Å²) in [7, 11) is 3.85. The summed E-state index contributed by atoms with van der Waals surface area (Å²) in [5.41, 5.74) is 0.0935. The Hall–Kier alpha value is -3.55. The number of hydrogen-bond acceptors (Lipinski definition) is 11. The fourth-order valence-electron chi connectivity index (χ4n) is 9.08. The number of epoxide rings is 1. The van der Waals surface area contributed by atoms with Crippen molar-refractivity contribution in [3.05, 3.63) is 59.4 Å². The van der Waals surface area contributed by atoms with Crippen LogP contribution in [0.25, 0.3) is 5.57 Å². The molecule has 51 heavy (non-hydrogen) atoms. The summed E-state index contributed by atoms with van der Waals surface area (Å²) in [6.07, 6.45) is 6.44. The zero-order valence-corrected chi connectivity index (χ0v) is 30.6. The van der Waals surface area contributed by atoms with E-state index in [1.807, 2.05) is 56.0 Å². The number of cyclic esters (lactones) is 1. The van der Waals surface area contributed by atoms with Gasteiger partial charge in [-0.05, 0) is 68.2 Å². The molecule has 0 aromatic heterocycles. The Bertz CT molecular complexity index is 1590. The molecule has 1 aromatic rings. The maximum Gasteiger partial charge on any atom is 0.343 e. The van der Waals surface area contributed by atoms with Gasteiger partial charge in [0.15, 0.2) is 0 Å². The minimum Gasteiger partial charge on any atom is -0.462 e. The number of esters is 2. The van der Waals surface area contributed by atoms with Gasteiger partial charge in [-0.25, -0.2) is 9.59 Å². The van der Waals surface area contributed by atoms with Gasteiger partial charge in [0.25, 0.3) is 0 Å². The maximum atomic E-state index is 13.5. The summed E-state index contributed by atoms with van der Waals surface area (Å²) in [4.78, 5) is 43.9. The molecule has 0 bridgehead atoms. The zero-order chi connectivity index (χ0) is 36.7. The molecule has 2 saturated carbocycles. The number of aliphatic hydroxyl groups excluding tert-OH is 2. The number of hydrogen-bond donors (Lipinski definition) is 3. The summed E-state index contributed by atoms with van der Waals surface area (Å²) >= 11 is 0. The number of amides is 1. The van der Waals surface area contributed by atoms with E-state index in [1.165, 1.54) is 0 Å². The lowest BCUT2D eigenvalue weighted by Crippen LogP contribution is -2.67. The van der Waals surface area contributed by atoms with Crippen molar-refractivity contribution in [1.82, 2.24) is 10.2 Å². The van der Waals surface area contributed by atoms with E-state index in [2.05, 4.69) is 12.2 Å². The summed E-state index contributed by atoms with van der Waals surface area (Å²) in [6.45, 7) is 10.3. The second-order valence-corrected chi connectivity index (χ2v) is 15.4. The summed E-state index contributed by atoms with van der Waals surface area (Å²) in [5, 5.41) is 25.6. The average Bonchev–Trinajstić information content (AvgIpc) is 3.83. The Morgan fingerprint density at radius 3 is 2.47 bits per heavy atom. The lowest BCUT2D eigenvalue weighted by Gasteiger charge is -2.62. The largest absolute Gasteiger partial charge is 0.462 e. The van der Waals surface area contributed by atoms with Crippen LogP contribution in [0.5, 0.6) is 0 Å². The maximum absolute atomic E-state index is 13.5. The first-order valence-electron chi connectivity index (χ1n) is 18.2. The van der Waals surface area contributed by atoms with Gasteiger partial charge in [-0.1, -0.05) is 38.1 Å². The number of ether oxygens (including phenoxy) is 4. The van der Waals surface area contributed by atoms with Gasteiger partial charge in [-0.15, -0.1) is 0 Å². The van der Waals surface area contributed by atoms with E-state index in [0.717, 1.165) is 5.69 Å². The van der Waals surface area contributed by atoms with Crippen LogP contribution in [0.3, 0.4) is 0 Å². The van der Waals surface area contributed by atoms with E-state index in [9.17, 15) is 24.6 Å². The van der Waals surface area contributed by atoms with Gasteiger partial charge in [0.2, 0.25) is 5.91 Å². The average molecular weight is 708 g/mol. The summed E-state index contributed by atoms with van der Waals surface area (Å²) < 4.78 is 22.9. The Kier molecular flexibility index (Phi) is 10.6. The topological polar surface area (TPSA) is 150 Å². The molecule has 5 aliphatic rings. The second-order valence-electron chi connectivity index (χ2n) is 15.4. The molecule has 5 unspecified atom stereocenters. The number of rotatable bonds is 10. The van der Waals surface area contributed by atoms with Crippen molar-refractivity contribution < 1.29 is 43.5 Å². The quantitative estimate of drug-likeness (QED) is 0.187. The van der Waals surface area contributed by atoms with E-state index in [1.54, 1.807) is 31.2 Å². The highest BCUT2D eigenvalue weighted by molar-refractivity contribution is 6.19. The Morgan fingerprint density at radius 2 is 1.86 bits per heavy atom. The van der Waals surface area contributed by atoms with Gasteiger partial charge < -0.3 is 44.3 Å². The van der Waals surface area contributed by atoms with Crippen molar-refractivity contribution in [1.29, 1.82) is 0 Å². The molecule has 1 aromatic carbocycles. The SMILES string of the molecule is CCOC(=O)C(=C1C=C(C=CC2C3(CO3)C(NC(C)C(=O)N3CCOCC3)CC3[C@]2(C)CC[C@@H](O)[C@@]3(C)CO)C(=O)O1)c1ccc(N(C)C)cc1. The summed E-state index contributed by atoms with van der Waals surface area (Å²) in [5.74, 6) is -1.44. The van der Waals surface area contributed by atoms with Crippen molar-refractivity contribution in [3.63, 3.8) is 0 Å². The van der Waals surface area contributed by atoms with E-state index in [-0.39, 0.29) is 53.9 Å². The monoisotopic (exact) mass is 707 g/mol. The predicted octanol–water partition coefficient (Wildman–Crippen LogP) is 2.84. The van der Waals surface area contributed by atoms with Crippen LogP contribution in [-0.2, 0) is 33.3 Å². The lowest BCUT2D eigenvalue weighted by atomic mass is 9.44. The fourth-order valence-corrected chi connectivity index (χ4v) is 9.08. The van der Waals surface area contributed by atoms with Crippen molar-refractivity contribution in [2.75, 3.05) is 65.1 Å². The molecule has 278 valence electrons. The second kappa shape index (κ2) is 14.5. The van der Waals surface area contributed by atoms with Crippen LogP contribution in [0.1, 0.15) is 52.5 Å². The molecule has 8 atom stereocenters. The van der Waals surface area contributed by atoms with Crippen LogP contribution in [0.15, 0.2) is 53.8 Å². The van der Waals surface area contributed by atoms with Gasteiger partial charge in [0, 0.05) is 50.2 Å². The van der Waals surface area contributed by atoms with Crippen LogP contribution in [0.2, 0.25) is 0 Å². The molecule has 3 heterocycles. The number of aliphatic hydroxyl groups is 2. The van der Waals surface area contributed by atoms with Gasteiger partial charge >= 0.3 is 11.9 Å². The number of carbonyl (C=O) groups excluding carboxylic acids is 3. The third-order valence-electron chi connectivity index (χ3n) is 12.2. The van der Waals surface area contributed by atoms with Crippen molar-refractivity contribution in [2.24, 2.45) is 22.7 Å². The predicted molar refractivity (Wildman–Crippen MR) is 190 cm³/mol. The first-order chi connectivity index (χ1) is 24.3. The molecule has 0 radical (unpaired) electrons. The highest BCUT2D eigenvalue weighted by Gasteiger charge is 2.70. The molecule has 12 nitrogen and oxygen atoms in total. The summed E-state index contributed by atoms with van der Waals surface area (Å²) in [6, 6.07) is 6.61. The standard InChI is InChI=1S/C39H53N3O9/c1-7-49-36(47)33(25-8-11-27(12-9-25)41(5)6)28-20-26(35(46)51-28)10-13-29-37(3)15-14-32(44)38(4,22-43)30(37)21-31(39(29)23-50-39)40-24(2)34(45)42-16-18-48-19-17-42/h8-13,20,24,29-32,40,43-44H,7,14-19,21-23H2,1-6H3/t24?,29?,30?,31?,32-,37-,38+,39?/m1/s1. The van der Waals surface area contributed by atoms with E-state index in [4.69, 9.17) is 18.9 Å². The first kappa shape index (κ1) is 37.2. The van der Waals surface area contributed by atoms with Crippen molar-refractivity contribution in [3.8, 4) is 0 Å². The Morgan fingerprint density at radius 1 is 1.18 bits per heavy atom. The van der Waals surface area contributed by atoms with Crippen LogP contribution in [-0.4, -0.2) is 117 Å². The van der Waals surface area contributed by atoms with Crippen molar-refractivity contribution in [2.45, 2.75) is 70.7 Å². The number of carbonyl (C=O) groups is 3. The molecule has 3 N–H and O–H groups in total. The number of allylic oxidation sites excluding steroid dienone is 1. The van der Waals surface area contributed by atoms with Gasteiger partial charge in [-0.2, -0.15) is 0 Å². The highest BCUT2D eigenvalue weighted by Crippen LogP contribution is 2.65. The molecule has 1 spiro atoms. The van der Waals surface area contributed by atoms with E-state index in [0.29, 0.717) is 57.7 Å². The smallest absolute Gasteiger partial charge is 0.343 e. The molecule has 1 amide bonds. The zero-order valence-electron chi connectivity index (χ0n) is 30.6. The van der Waals surface area contributed by atoms with Crippen molar-refractivity contribution >= 4 is 29.1 Å². The third kappa shape index (κ3) is 6.77. The number of morpholine rings is 1. The van der Waals surface area contributed by atoms with Crippen LogP contribution < -0.4 is 10.2 Å². The highest BCUT2D eigenvalue weighted by atomic mass is 16.6. The Balaban J connectivity index is 1.36. The molecular weight excluding hydrogens is 654 g/mol. The molecule has 3 aliphatic heterocycles. The van der Waals surface area contributed by atoms with E-state index < -0.39 is 40.5 Å². The molecular formula is C39H53N3O9. The van der Waals surface area contributed by atoms with Gasteiger partial charge in [0.05, 0.1) is 50.8 Å². The molecule has 2 saturated heterocycles. The normalized spacial score (nSPS) is 34.9. The van der Waals surface area contributed by atoms with Gasteiger partial charge in [-0.3, -0.25) is 4.79 Å². The lowest BCUT2D eigenvalue weighted by molar-refractivity contribution is -0.174. The number of nitrogens with one attached hydrogen (secondary N) is 1. The van der Waals surface area contributed by atoms with E-state index >= 15 is 0 Å². The third-order valence-corrected chi connectivity index (χ3v) is 12.2. The number of anilines is 1. The number of fused-ring (bicyclic) bond motifs is 1. The minimum absolute atomic E-state index is 0.00458. The van der Waals surface area contributed by atoms with Crippen LogP contribution in [0, 0.1) is 22.7 Å². The first-order valence-corrected chi connectivity index (χ1v) is 18.2. The number of benzene rings is 1.